The van der Waals surface area contributed by atoms with E-state index in [9.17, 15) is 29.1 Å². The van der Waals surface area contributed by atoms with E-state index in [4.69, 9.17) is 5.11 Å². The molecule has 0 saturated carbocycles. The van der Waals surface area contributed by atoms with Gasteiger partial charge < -0.3 is 31.5 Å². The minimum Gasteiger partial charge on any atom is -0.481 e. The Morgan fingerprint density at radius 1 is 1.03 bits per heavy atom. The highest BCUT2D eigenvalue weighted by Gasteiger charge is 2.28. The highest BCUT2D eigenvalue weighted by Crippen LogP contribution is 2.06. The van der Waals surface area contributed by atoms with E-state index >= 15 is 0 Å². The quantitative estimate of drug-likeness (QED) is 0.236. The fraction of sp³-hybridized carbons (Fsp3) is 0.476. The normalized spacial score (nSPS) is 17.1. The number of carbonyl (C=O) groups excluding carboxylic acids is 3. The standard InChI is InChI=1S/C21H28N4O7/c26-17(12-23-19(29)14-7-4-10-22-14)24-15(8-9-18(27)28)20(30)25-16(21(31)32)11-13-5-2-1-3-6-13/h1-3,5-6,14-16,22H,4,7-12H2,(H,23,29)(H,24,26)(H,25,30)(H,27,28)(H,31,32). The van der Waals surface area contributed by atoms with Crippen LogP contribution in [0.15, 0.2) is 30.3 Å². The lowest BCUT2D eigenvalue weighted by atomic mass is 10.0. The van der Waals surface area contributed by atoms with Crippen LogP contribution in [0.5, 0.6) is 0 Å². The summed E-state index contributed by atoms with van der Waals surface area (Å²) >= 11 is 0. The molecule has 3 amide bonds. The molecule has 0 spiro atoms. The van der Waals surface area contributed by atoms with Gasteiger partial charge in [-0.3, -0.25) is 19.2 Å². The fourth-order valence-electron chi connectivity index (χ4n) is 3.30. The molecule has 1 fully saturated rings. The Morgan fingerprint density at radius 2 is 1.75 bits per heavy atom. The van der Waals surface area contributed by atoms with Crippen LogP contribution in [-0.2, 0) is 30.4 Å². The molecule has 0 radical (unpaired) electrons. The van der Waals surface area contributed by atoms with Gasteiger partial charge in [0.2, 0.25) is 17.7 Å². The van der Waals surface area contributed by atoms with Gasteiger partial charge in [0.25, 0.3) is 0 Å². The maximum atomic E-state index is 12.7. The van der Waals surface area contributed by atoms with Crippen molar-refractivity contribution in [2.24, 2.45) is 0 Å². The summed E-state index contributed by atoms with van der Waals surface area (Å²) in [5.41, 5.74) is 0.689. The molecule has 1 aliphatic heterocycles. The number of carboxylic acid groups (broad SMARTS) is 2. The first-order chi connectivity index (χ1) is 15.3. The molecule has 0 aromatic heterocycles. The van der Waals surface area contributed by atoms with Gasteiger partial charge >= 0.3 is 11.9 Å². The Balaban J connectivity index is 1.96. The number of benzene rings is 1. The van der Waals surface area contributed by atoms with Gasteiger partial charge in [0.15, 0.2) is 0 Å². The Morgan fingerprint density at radius 3 is 2.34 bits per heavy atom. The van der Waals surface area contributed by atoms with E-state index in [1.807, 2.05) is 0 Å². The molecule has 1 aliphatic rings. The molecule has 11 nitrogen and oxygen atoms in total. The van der Waals surface area contributed by atoms with Crippen molar-refractivity contribution >= 4 is 29.7 Å². The Bertz CT molecular complexity index is 825. The highest BCUT2D eigenvalue weighted by molar-refractivity contribution is 5.92. The number of carboxylic acids is 2. The van der Waals surface area contributed by atoms with Crippen molar-refractivity contribution < 1.29 is 34.2 Å². The Hall–Kier alpha value is -3.47. The van der Waals surface area contributed by atoms with Gasteiger partial charge in [-0.15, -0.1) is 0 Å². The van der Waals surface area contributed by atoms with Gasteiger partial charge in [-0.25, -0.2) is 4.79 Å². The maximum absolute atomic E-state index is 12.7. The van der Waals surface area contributed by atoms with Crippen LogP contribution in [0, 0.1) is 0 Å². The predicted octanol–water partition coefficient (Wildman–Crippen LogP) is -0.984. The van der Waals surface area contributed by atoms with Crippen LogP contribution in [-0.4, -0.2) is 71.1 Å². The van der Waals surface area contributed by atoms with Crippen LogP contribution in [0.1, 0.15) is 31.2 Å². The number of hydrogen-bond donors (Lipinski definition) is 6. The van der Waals surface area contributed by atoms with Crippen molar-refractivity contribution in [1.82, 2.24) is 21.3 Å². The van der Waals surface area contributed by atoms with Crippen LogP contribution in [0.4, 0.5) is 0 Å². The number of carbonyl (C=O) groups is 5. The number of amides is 3. The van der Waals surface area contributed by atoms with Crippen molar-refractivity contribution in [1.29, 1.82) is 0 Å². The smallest absolute Gasteiger partial charge is 0.326 e. The molecule has 0 aliphatic carbocycles. The average Bonchev–Trinajstić information content (AvgIpc) is 3.30. The lowest BCUT2D eigenvalue weighted by Gasteiger charge is -2.21. The van der Waals surface area contributed by atoms with Gasteiger partial charge in [0.1, 0.15) is 12.1 Å². The van der Waals surface area contributed by atoms with Gasteiger partial charge in [-0.05, 0) is 31.4 Å². The third-order valence-electron chi connectivity index (χ3n) is 5.00. The maximum Gasteiger partial charge on any atom is 0.326 e. The minimum absolute atomic E-state index is 0.0198. The van der Waals surface area contributed by atoms with Crippen molar-refractivity contribution in [3.05, 3.63) is 35.9 Å². The van der Waals surface area contributed by atoms with Crippen molar-refractivity contribution in [3.63, 3.8) is 0 Å². The first kappa shape index (κ1) is 24.8. The zero-order valence-corrected chi connectivity index (χ0v) is 17.5. The molecule has 0 bridgehead atoms. The molecular weight excluding hydrogens is 420 g/mol. The van der Waals surface area contributed by atoms with Crippen LogP contribution in [0.2, 0.25) is 0 Å². The zero-order chi connectivity index (χ0) is 23.5. The van der Waals surface area contributed by atoms with E-state index < -0.39 is 42.3 Å². The molecule has 1 aromatic rings. The molecule has 1 heterocycles. The topological polar surface area (TPSA) is 174 Å². The molecule has 174 valence electrons. The van der Waals surface area contributed by atoms with Crippen molar-refractivity contribution in [2.75, 3.05) is 13.1 Å². The summed E-state index contributed by atoms with van der Waals surface area (Å²) in [6.07, 6.45) is 0.895. The fourth-order valence-corrected chi connectivity index (χ4v) is 3.30. The zero-order valence-electron chi connectivity index (χ0n) is 17.5. The van der Waals surface area contributed by atoms with Crippen LogP contribution in [0.3, 0.4) is 0 Å². The second-order valence-corrected chi connectivity index (χ2v) is 7.51. The van der Waals surface area contributed by atoms with E-state index in [2.05, 4.69) is 21.3 Å². The van der Waals surface area contributed by atoms with E-state index in [-0.39, 0.29) is 31.3 Å². The first-order valence-corrected chi connectivity index (χ1v) is 10.4. The third-order valence-corrected chi connectivity index (χ3v) is 5.00. The van der Waals surface area contributed by atoms with Gasteiger partial charge in [0, 0.05) is 12.8 Å². The Kier molecular flexibility index (Phi) is 9.61. The minimum atomic E-state index is -1.27. The Labute approximate surface area is 184 Å². The highest BCUT2D eigenvalue weighted by atomic mass is 16.4. The number of rotatable bonds is 12. The molecule has 1 aromatic carbocycles. The number of aliphatic carboxylic acids is 2. The summed E-state index contributed by atoms with van der Waals surface area (Å²) in [5, 5.41) is 28.6. The molecular formula is C21H28N4O7. The lowest BCUT2D eigenvalue weighted by Crippen LogP contribution is -2.54. The van der Waals surface area contributed by atoms with Crippen LogP contribution < -0.4 is 21.3 Å². The number of nitrogens with one attached hydrogen (secondary N) is 4. The van der Waals surface area contributed by atoms with Crippen molar-refractivity contribution in [2.45, 2.75) is 50.2 Å². The van der Waals surface area contributed by atoms with Crippen molar-refractivity contribution in [3.8, 4) is 0 Å². The lowest BCUT2D eigenvalue weighted by molar-refractivity contribution is -0.143. The van der Waals surface area contributed by atoms with Gasteiger partial charge in [-0.1, -0.05) is 30.3 Å². The predicted molar refractivity (Wildman–Crippen MR) is 113 cm³/mol. The molecule has 3 unspecified atom stereocenters. The summed E-state index contributed by atoms with van der Waals surface area (Å²) in [4.78, 5) is 59.5. The number of hydrogen-bond acceptors (Lipinski definition) is 6. The molecule has 2 rings (SSSR count). The third kappa shape index (κ3) is 8.34. The largest absolute Gasteiger partial charge is 0.481 e. The van der Waals surface area contributed by atoms with Gasteiger partial charge in [-0.2, -0.15) is 0 Å². The second kappa shape index (κ2) is 12.4. The molecule has 32 heavy (non-hydrogen) atoms. The summed E-state index contributed by atoms with van der Waals surface area (Å²) in [7, 11) is 0. The van der Waals surface area contributed by atoms with E-state index in [1.54, 1.807) is 30.3 Å². The molecule has 1 saturated heterocycles. The second-order valence-electron chi connectivity index (χ2n) is 7.51. The monoisotopic (exact) mass is 448 g/mol. The van der Waals surface area contributed by atoms with Gasteiger partial charge in [0.05, 0.1) is 12.6 Å². The summed E-state index contributed by atoms with van der Waals surface area (Å²) in [6, 6.07) is 5.78. The first-order valence-electron chi connectivity index (χ1n) is 10.4. The average molecular weight is 448 g/mol. The summed E-state index contributed by atoms with van der Waals surface area (Å²) in [5.74, 6) is -4.26. The molecule has 6 N–H and O–H groups in total. The summed E-state index contributed by atoms with van der Waals surface area (Å²) < 4.78 is 0. The SMILES string of the molecule is O=C(O)CCC(NC(=O)CNC(=O)C1CCCN1)C(=O)NC(Cc1ccccc1)C(=O)O. The van der Waals surface area contributed by atoms with E-state index in [0.717, 1.165) is 13.0 Å². The summed E-state index contributed by atoms with van der Waals surface area (Å²) in [6.45, 7) is 0.329. The molecule has 3 atom stereocenters. The van der Waals surface area contributed by atoms with E-state index in [0.29, 0.717) is 12.0 Å². The van der Waals surface area contributed by atoms with Crippen LogP contribution in [0.25, 0.3) is 0 Å². The van der Waals surface area contributed by atoms with Crippen LogP contribution >= 0.6 is 0 Å². The van der Waals surface area contributed by atoms with E-state index in [1.165, 1.54) is 0 Å². The molecule has 11 heteroatoms.